The maximum Gasteiger partial charge on any atom is 0.119 e. The summed E-state index contributed by atoms with van der Waals surface area (Å²) in [7, 11) is 0. The van der Waals surface area contributed by atoms with E-state index in [2.05, 4.69) is 0 Å². The number of phenols is 2. The minimum absolute atomic E-state index is 0. The summed E-state index contributed by atoms with van der Waals surface area (Å²) in [5.41, 5.74) is 7.43. The van der Waals surface area contributed by atoms with E-state index in [0.29, 0.717) is 12.0 Å². The molecule has 0 radical (unpaired) electrons. The monoisotopic (exact) mass is 295 g/mol. The van der Waals surface area contributed by atoms with Crippen molar-refractivity contribution < 1.29 is 15.3 Å². The van der Waals surface area contributed by atoms with Crippen LogP contribution in [0.1, 0.15) is 17.2 Å². The minimum Gasteiger partial charge on any atom is -0.508 e. The van der Waals surface area contributed by atoms with Gasteiger partial charge in [0.15, 0.2) is 0 Å². The van der Waals surface area contributed by atoms with Gasteiger partial charge in [-0.15, -0.1) is 12.4 Å². The Kier molecular flexibility index (Phi) is 5.82. The second-order valence-electron chi connectivity index (χ2n) is 4.57. The summed E-state index contributed by atoms with van der Waals surface area (Å²) in [6.45, 7) is 0. The Balaban J connectivity index is 0.00000200. The molecule has 0 unspecified atom stereocenters. The summed E-state index contributed by atoms with van der Waals surface area (Å²) in [6.07, 6.45) is -0.373. The molecule has 5 N–H and O–H groups in total. The highest BCUT2D eigenvalue weighted by atomic mass is 35.5. The van der Waals surface area contributed by atoms with E-state index in [1.807, 2.05) is 30.3 Å². The quantitative estimate of drug-likeness (QED) is 0.696. The zero-order valence-corrected chi connectivity index (χ0v) is 11.6. The molecule has 0 bridgehead atoms. The molecule has 2 atom stereocenters. The number of phenolic OH excluding ortho intramolecular Hbond substituents is 2. The van der Waals surface area contributed by atoms with E-state index < -0.39 is 12.1 Å². The van der Waals surface area contributed by atoms with E-state index in [-0.39, 0.29) is 23.9 Å². The molecule has 20 heavy (non-hydrogen) atoms. The van der Waals surface area contributed by atoms with Crippen molar-refractivity contribution in [3.05, 3.63) is 59.7 Å². The van der Waals surface area contributed by atoms with Gasteiger partial charge in [0.1, 0.15) is 11.5 Å². The van der Waals surface area contributed by atoms with Gasteiger partial charge in [-0.2, -0.15) is 0 Å². The Morgan fingerprint density at radius 1 is 0.950 bits per heavy atom. The van der Waals surface area contributed by atoms with Gasteiger partial charge >= 0.3 is 0 Å². The largest absolute Gasteiger partial charge is 0.508 e. The molecule has 2 aromatic carbocycles. The van der Waals surface area contributed by atoms with Crippen LogP contribution in [0.25, 0.3) is 0 Å². The van der Waals surface area contributed by atoms with Crippen LogP contribution in [0.3, 0.4) is 0 Å². The third-order valence-corrected chi connectivity index (χ3v) is 3.01. The molecule has 0 aliphatic rings. The highest BCUT2D eigenvalue weighted by Gasteiger charge is 2.18. The molecule has 0 saturated heterocycles. The Bertz CT molecular complexity index is 528. The highest BCUT2D eigenvalue weighted by molar-refractivity contribution is 5.85. The number of rotatable bonds is 4. The second-order valence-corrected chi connectivity index (χ2v) is 4.57. The predicted molar refractivity (Wildman–Crippen MR) is 80.1 cm³/mol. The van der Waals surface area contributed by atoms with Crippen LogP contribution in [-0.2, 0) is 6.42 Å². The van der Waals surface area contributed by atoms with E-state index in [9.17, 15) is 15.3 Å². The van der Waals surface area contributed by atoms with Crippen LogP contribution in [0, 0.1) is 0 Å². The summed E-state index contributed by atoms with van der Waals surface area (Å²) in [6, 6.07) is 13.0. The summed E-state index contributed by atoms with van der Waals surface area (Å²) in [5, 5.41) is 29.0. The van der Waals surface area contributed by atoms with Gasteiger partial charge in [-0.3, -0.25) is 0 Å². The number of hydrogen-bond donors (Lipinski definition) is 4. The fourth-order valence-electron chi connectivity index (χ4n) is 2.02. The number of benzene rings is 2. The van der Waals surface area contributed by atoms with Crippen LogP contribution in [-0.4, -0.2) is 21.4 Å². The molecule has 108 valence electrons. The topological polar surface area (TPSA) is 86.7 Å². The number of aromatic hydroxyl groups is 2. The number of hydrogen-bond acceptors (Lipinski definition) is 4. The van der Waals surface area contributed by atoms with Gasteiger partial charge < -0.3 is 21.1 Å². The lowest BCUT2D eigenvalue weighted by Gasteiger charge is -2.19. The van der Waals surface area contributed by atoms with E-state index in [4.69, 9.17) is 5.73 Å². The smallest absolute Gasteiger partial charge is 0.119 e. The number of aliphatic hydroxyl groups is 1. The standard InChI is InChI=1S/C15H17NO3.ClH/c16-15(11-7-12(17)9-13(18)8-11)14(19)6-10-4-2-1-3-5-10;/h1-5,7-9,14-15,17-19H,6,16H2;1H/t14-,15+;/m0./s1. The van der Waals surface area contributed by atoms with Crippen LogP contribution in [0.4, 0.5) is 0 Å². The fraction of sp³-hybridized carbons (Fsp3) is 0.200. The van der Waals surface area contributed by atoms with E-state index >= 15 is 0 Å². The van der Waals surface area contributed by atoms with Crippen molar-refractivity contribution in [1.82, 2.24) is 0 Å². The van der Waals surface area contributed by atoms with E-state index in [1.54, 1.807) is 0 Å². The molecule has 0 aliphatic carbocycles. The molecule has 0 heterocycles. The highest BCUT2D eigenvalue weighted by Crippen LogP contribution is 2.26. The lowest BCUT2D eigenvalue weighted by Crippen LogP contribution is -2.28. The first kappa shape index (κ1) is 16.3. The molecule has 0 aliphatic heterocycles. The predicted octanol–water partition coefficient (Wildman–Crippen LogP) is 2.12. The Morgan fingerprint density at radius 3 is 2.05 bits per heavy atom. The lowest BCUT2D eigenvalue weighted by molar-refractivity contribution is 0.145. The lowest BCUT2D eigenvalue weighted by atomic mass is 9.96. The molecule has 4 nitrogen and oxygen atoms in total. The van der Waals surface area contributed by atoms with Gasteiger partial charge in [0, 0.05) is 12.5 Å². The average molecular weight is 296 g/mol. The SMILES string of the molecule is Cl.N[C@H](c1cc(O)cc(O)c1)[C@@H](O)Cc1ccccc1. The van der Waals surface area contributed by atoms with Crippen molar-refractivity contribution >= 4 is 12.4 Å². The Hall–Kier alpha value is -1.75. The van der Waals surface area contributed by atoms with E-state index in [0.717, 1.165) is 5.56 Å². The first-order chi connectivity index (χ1) is 9.06. The third kappa shape index (κ3) is 4.13. The molecule has 5 heteroatoms. The van der Waals surface area contributed by atoms with Gasteiger partial charge in [-0.05, 0) is 23.3 Å². The zero-order valence-electron chi connectivity index (χ0n) is 10.8. The molecule has 2 aromatic rings. The van der Waals surface area contributed by atoms with Gasteiger partial charge in [0.05, 0.1) is 12.1 Å². The molecule has 0 fully saturated rings. The average Bonchev–Trinajstić information content (AvgIpc) is 2.37. The van der Waals surface area contributed by atoms with Gasteiger partial charge in [-0.25, -0.2) is 0 Å². The van der Waals surface area contributed by atoms with E-state index in [1.165, 1.54) is 18.2 Å². The summed E-state index contributed by atoms with van der Waals surface area (Å²) < 4.78 is 0. The summed E-state index contributed by atoms with van der Waals surface area (Å²) >= 11 is 0. The normalized spacial score (nSPS) is 13.3. The molecule has 0 saturated carbocycles. The third-order valence-electron chi connectivity index (χ3n) is 3.01. The maximum atomic E-state index is 10.1. The molecule has 2 rings (SSSR count). The number of halogens is 1. The van der Waals surface area contributed by atoms with Crippen molar-refractivity contribution in [3.63, 3.8) is 0 Å². The first-order valence-corrected chi connectivity index (χ1v) is 6.07. The number of aliphatic hydroxyl groups excluding tert-OH is 1. The second kappa shape index (κ2) is 7.14. The zero-order chi connectivity index (χ0) is 13.8. The first-order valence-electron chi connectivity index (χ1n) is 6.07. The van der Waals surface area contributed by atoms with Crippen molar-refractivity contribution in [2.45, 2.75) is 18.6 Å². The van der Waals surface area contributed by atoms with Crippen LogP contribution in [0.2, 0.25) is 0 Å². The van der Waals surface area contributed by atoms with Crippen LogP contribution in [0.15, 0.2) is 48.5 Å². The molecular weight excluding hydrogens is 278 g/mol. The molecular formula is C15H18ClNO3. The van der Waals surface area contributed by atoms with Gasteiger partial charge in [-0.1, -0.05) is 30.3 Å². The van der Waals surface area contributed by atoms with Crippen molar-refractivity contribution in [2.24, 2.45) is 5.73 Å². The molecule has 0 amide bonds. The van der Waals surface area contributed by atoms with Crippen LogP contribution >= 0.6 is 12.4 Å². The number of nitrogens with two attached hydrogens (primary N) is 1. The molecule has 0 spiro atoms. The Morgan fingerprint density at radius 2 is 1.50 bits per heavy atom. The van der Waals surface area contributed by atoms with Crippen LogP contribution in [0.5, 0.6) is 11.5 Å². The maximum absolute atomic E-state index is 10.1. The summed E-state index contributed by atoms with van der Waals surface area (Å²) in [4.78, 5) is 0. The van der Waals surface area contributed by atoms with Crippen molar-refractivity contribution in [2.75, 3.05) is 0 Å². The summed E-state index contributed by atoms with van der Waals surface area (Å²) in [5.74, 6) is -0.144. The van der Waals surface area contributed by atoms with Crippen molar-refractivity contribution in [1.29, 1.82) is 0 Å². The van der Waals surface area contributed by atoms with Gasteiger partial charge in [0.25, 0.3) is 0 Å². The van der Waals surface area contributed by atoms with Gasteiger partial charge in [0.2, 0.25) is 0 Å². The minimum atomic E-state index is -0.788. The molecule has 0 aromatic heterocycles. The van der Waals surface area contributed by atoms with Crippen LogP contribution < -0.4 is 5.73 Å². The Labute approximate surface area is 123 Å². The van der Waals surface area contributed by atoms with Crippen molar-refractivity contribution in [3.8, 4) is 11.5 Å². The fourth-order valence-corrected chi connectivity index (χ4v) is 2.02.